The van der Waals surface area contributed by atoms with E-state index in [1.165, 1.54) is 43.5 Å². The summed E-state index contributed by atoms with van der Waals surface area (Å²) >= 11 is 3.38. The third-order valence-electron chi connectivity index (χ3n) is 2.89. The summed E-state index contributed by atoms with van der Waals surface area (Å²) in [5.74, 6) is 0.705. The van der Waals surface area contributed by atoms with Gasteiger partial charge in [-0.1, -0.05) is 19.3 Å². The smallest absolute Gasteiger partial charge is 0.174 e. The molecule has 0 saturated heterocycles. The molecular weight excluding hydrogens is 228 g/mol. The van der Waals surface area contributed by atoms with Gasteiger partial charge >= 0.3 is 0 Å². The van der Waals surface area contributed by atoms with Crippen LogP contribution in [0.4, 0.5) is 0 Å². The third kappa shape index (κ3) is 1.96. The Morgan fingerprint density at radius 1 is 1.31 bits per heavy atom. The minimum Gasteiger partial charge on any atom is -0.336 e. The van der Waals surface area contributed by atoms with E-state index in [1.807, 2.05) is 0 Å². The van der Waals surface area contributed by atoms with Gasteiger partial charge in [0.05, 0.1) is 5.69 Å². The first kappa shape index (κ1) is 9.25. The summed E-state index contributed by atoms with van der Waals surface area (Å²) in [5.41, 5.74) is 2.52. The number of hydrogen-bond acceptors (Lipinski definition) is 1. The summed E-state index contributed by atoms with van der Waals surface area (Å²) in [6.07, 6.45) is 6.78. The second kappa shape index (κ2) is 3.82. The molecule has 0 radical (unpaired) electrons. The van der Waals surface area contributed by atoms with Crippen molar-refractivity contribution in [2.45, 2.75) is 44.9 Å². The van der Waals surface area contributed by atoms with Crippen LogP contribution in [-0.4, -0.2) is 9.97 Å². The van der Waals surface area contributed by atoms with Crippen molar-refractivity contribution in [3.05, 3.63) is 16.1 Å². The van der Waals surface area contributed by atoms with Crippen molar-refractivity contribution in [2.24, 2.45) is 0 Å². The van der Waals surface area contributed by atoms with Gasteiger partial charge < -0.3 is 4.98 Å². The quantitative estimate of drug-likeness (QED) is 0.803. The Morgan fingerprint density at radius 3 is 2.54 bits per heavy atom. The Labute approximate surface area is 87.3 Å². The monoisotopic (exact) mass is 242 g/mol. The van der Waals surface area contributed by atoms with Crippen LogP contribution in [0.5, 0.6) is 0 Å². The fraction of sp³-hybridized carbons (Fsp3) is 0.700. The van der Waals surface area contributed by atoms with Crippen LogP contribution in [0.15, 0.2) is 4.73 Å². The van der Waals surface area contributed by atoms with E-state index in [1.54, 1.807) is 0 Å². The van der Waals surface area contributed by atoms with Crippen molar-refractivity contribution < 1.29 is 0 Å². The number of hydrogen-bond donors (Lipinski definition) is 1. The van der Waals surface area contributed by atoms with Crippen LogP contribution in [0.1, 0.15) is 49.4 Å². The van der Waals surface area contributed by atoms with Crippen molar-refractivity contribution in [1.29, 1.82) is 0 Å². The zero-order valence-corrected chi connectivity index (χ0v) is 9.52. The lowest BCUT2D eigenvalue weighted by Crippen LogP contribution is -2.06. The molecule has 1 N–H and O–H groups in total. The fourth-order valence-corrected chi connectivity index (χ4v) is 2.70. The minimum atomic E-state index is 0.705. The summed E-state index contributed by atoms with van der Waals surface area (Å²) in [6.45, 7) is 2.11. The maximum Gasteiger partial charge on any atom is 0.174 e. The van der Waals surface area contributed by atoms with Crippen molar-refractivity contribution in [1.82, 2.24) is 9.97 Å². The molecule has 13 heavy (non-hydrogen) atoms. The molecule has 3 heteroatoms. The lowest BCUT2D eigenvalue weighted by Gasteiger charge is -2.20. The van der Waals surface area contributed by atoms with E-state index in [4.69, 9.17) is 0 Å². The SMILES string of the molecule is Cc1[nH]c(Br)nc1C1CCCCC1. The van der Waals surface area contributed by atoms with E-state index < -0.39 is 0 Å². The molecule has 0 spiro atoms. The van der Waals surface area contributed by atoms with Gasteiger partial charge in [-0.15, -0.1) is 0 Å². The molecule has 0 amide bonds. The van der Waals surface area contributed by atoms with Crippen molar-refractivity contribution in [3.8, 4) is 0 Å². The van der Waals surface area contributed by atoms with E-state index in [0.29, 0.717) is 5.92 Å². The Hall–Kier alpha value is -0.310. The predicted octanol–water partition coefficient (Wildman–Crippen LogP) is 3.53. The molecule has 1 fully saturated rings. The zero-order chi connectivity index (χ0) is 9.26. The van der Waals surface area contributed by atoms with Gasteiger partial charge in [0.25, 0.3) is 0 Å². The van der Waals surface area contributed by atoms with Crippen LogP contribution < -0.4 is 0 Å². The highest BCUT2D eigenvalue weighted by atomic mass is 79.9. The first-order chi connectivity index (χ1) is 6.27. The number of aromatic nitrogens is 2. The second-order valence-corrected chi connectivity index (χ2v) is 4.62. The lowest BCUT2D eigenvalue weighted by atomic mass is 9.86. The lowest BCUT2D eigenvalue weighted by molar-refractivity contribution is 0.436. The number of aromatic amines is 1. The highest BCUT2D eigenvalue weighted by Crippen LogP contribution is 2.33. The molecule has 1 aromatic heterocycles. The Balaban J connectivity index is 2.18. The minimum absolute atomic E-state index is 0.705. The van der Waals surface area contributed by atoms with E-state index >= 15 is 0 Å². The van der Waals surface area contributed by atoms with Crippen LogP contribution in [0.25, 0.3) is 0 Å². The number of nitrogens with zero attached hydrogens (tertiary/aromatic N) is 1. The summed E-state index contributed by atoms with van der Waals surface area (Å²) in [5, 5.41) is 0. The van der Waals surface area contributed by atoms with Crippen LogP contribution in [0.2, 0.25) is 0 Å². The number of imidazole rings is 1. The largest absolute Gasteiger partial charge is 0.336 e. The van der Waals surface area contributed by atoms with Crippen LogP contribution in [-0.2, 0) is 0 Å². The Bertz CT molecular complexity index is 287. The molecule has 72 valence electrons. The standard InChI is InChI=1S/C10H15BrN2/c1-7-9(13-10(11)12-7)8-5-3-2-4-6-8/h8H,2-6H2,1H3,(H,12,13). The van der Waals surface area contributed by atoms with Gasteiger partial charge in [0.1, 0.15) is 0 Å². The molecule has 1 aromatic rings. The zero-order valence-electron chi connectivity index (χ0n) is 7.94. The van der Waals surface area contributed by atoms with Gasteiger partial charge in [-0.05, 0) is 35.7 Å². The van der Waals surface area contributed by atoms with Crippen molar-refractivity contribution in [3.63, 3.8) is 0 Å². The highest BCUT2D eigenvalue weighted by molar-refractivity contribution is 9.10. The molecule has 1 heterocycles. The molecule has 0 unspecified atom stereocenters. The molecule has 1 aliphatic rings. The molecule has 0 atom stereocenters. The second-order valence-electron chi connectivity index (χ2n) is 3.87. The average molecular weight is 243 g/mol. The maximum atomic E-state index is 4.50. The highest BCUT2D eigenvalue weighted by Gasteiger charge is 2.19. The molecule has 1 aliphatic carbocycles. The molecule has 2 rings (SSSR count). The van der Waals surface area contributed by atoms with E-state index in [2.05, 4.69) is 32.8 Å². The van der Waals surface area contributed by atoms with Crippen LogP contribution >= 0.6 is 15.9 Å². The molecule has 2 nitrogen and oxygen atoms in total. The number of H-pyrrole nitrogens is 1. The summed E-state index contributed by atoms with van der Waals surface area (Å²) in [4.78, 5) is 7.71. The number of aryl methyl sites for hydroxylation is 1. The molecule has 0 bridgehead atoms. The molecule has 1 saturated carbocycles. The summed E-state index contributed by atoms with van der Waals surface area (Å²) in [7, 11) is 0. The van der Waals surface area contributed by atoms with Gasteiger partial charge in [-0.3, -0.25) is 0 Å². The Kier molecular flexibility index (Phi) is 2.72. The van der Waals surface area contributed by atoms with E-state index in [0.717, 1.165) is 4.73 Å². The molecule has 0 aromatic carbocycles. The number of nitrogens with one attached hydrogen (secondary N) is 1. The summed E-state index contributed by atoms with van der Waals surface area (Å²) < 4.78 is 0.880. The predicted molar refractivity (Wildman–Crippen MR) is 56.9 cm³/mol. The average Bonchev–Trinajstić information content (AvgIpc) is 2.47. The van der Waals surface area contributed by atoms with Crippen LogP contribution in [0, 0.1) is 6.92 Å². The maximum absolute atomic E-state index is 4.50. The normalized spacial score (nSPS) is 19.2. The van der Waals surface area contributed by atoms with Gasteiger partial charge in [-0.2, -0.15) is 0 Å². The van der Waals surface area contributed by atoms with Gasteiger partial charge in [-0.25, -0.2) is 4.98 Å². The number of rotatable bonds is 1. The summed E-state index contributed by atoms with van der Waals surface area (Å²) in [6, 6.07) is 0. The molecule has 0 aliphatic heterocycles. The third-order valence-corrected chi connectivity index (χ3v) is 3.26. The van der Waals surface area contributed by atoms with Crippen LogP contribution in [0.3, 0.4) is 0 Å². The van der Waals surface area contributed by atoms with Gasteiger partial charge in [0.2, 0.25) is 0 Å². The number of halogens is 1. The molecular formula is C10H15BrN2. The first-order valence-electron chi connectivity index (χ1n) is 4.99. The van der Waals surface area contributed by atoms with E-state index in [-0.39, 0.29) is 0 Å². The topological polar surface area (TPSA) is 28.7 Å². The van der Waals surface area contributed by atoms with E-state index in [9.17, 15) is 0 Å². The first-order valence-corrected chi connectivity index (χ1v) is 5.78. The fourth-order valence-electron chi connectivity index (χ4n) is 2.21. The van der Waals surface area contributed by atoms with Crippen molar-refractivity contribution >= 4 is 15.9 Å². The Morgan fingerprint density at radius 2 is 2.00 bits per heavy atom. The van der Waals surface area contributed by atoms with Crippen molar-refractivity contribution in [2.75, 3.05) is 0 Å². The van der Waals surface area contributed by atoms with Gasteiger partial charge in [0.15, 0.2) is 4.73 Å². The van der Waals surface area contributed by atoms with Gasteiger partial charge in [0, 0.05) is 11.6 Å².